The summed E-state index contributed by atoms with van der Waals surface area (Å²) in [6, 6.07) is 5.31. The maximum absolute atomic E-state index is 11.5. The first-order chi connectivity index (χ1) is 7.41. The highest BCUT2D eigenvalue weighted by molar-refractivity contribution is 9.10. The summed E-state index contributed by atoms with van der Waals surface area (Å²) < 4.78 is 1.01. The minimum Gasteiger partial charge on any atom is -0.324 e. The van der Waals surface area contributed by atoms with Crippen molar-refractivity contribution >= 4 is 27.5 Å². The minimum absolute atomic E-state index is 0.163. The molecule has 0 bridgehead atoms. The van der Waals surface area contributed by atoms with Gasteiger partial charge in [0.05, 0.1) is 6.04 Å². The van der Waals surface area contributed by atoms with Gasteiger partial charge in [-0.1, -0.05) is 29.8 Å². The number of hydrogen-bond donors (Lipinski definition) is 2. The summed E-state index contributed by atoms with van der Waals surface area (Å²) in [6.45, 7) is 5.84. The Bertz CT molecular complexity index is 389. The highest BCUT2D eigenvalue weighted by Gasteiger charge is 2.12. The molecule has 3 nitrogen and oxygen atoms in total. The molecule has 1 aromatic rings. The van der Waals surface area contributed by atoms with E-state index in [1.807, 2.05) is 18.2 Å². The van der Waals surface area contributed by atoms with E-state index < -0.39 is 6.04 Å². The lowest BCUT2D eigenvalue weighted by atomic mass is 10.0. The Morgan fingerprint density at radius 3 is 2.50 bits per heavy atom. The number of amides is 1. The molecular weight excluding hydrogens is 268 g/mol. The molecule has 0 spiro atoms. The van der Waals surface area contributed by atoms with Crippen LogP contribution in [-0.2, 0) is 4.79 Å². The van der Waals surface area contributed by atoms with Crippen LogP contribution in [0.2, 0.25) is 0 Å². The zero-order chi connectivity index (χ0) is 12.3. The van der Waals surface area contributed by atoms with E-state index in [4.69, 9.17) is 5.73 Å². The number of rotatable bonds is 3. The summed E-state index contributed by atoms with van der Waals surface area (Å²) in [6.07, 6.45) is 0. The number of hydrogen-bond acceptors (Lipinski definition) is 2. The minimum atomic E-state index is -0.497. The molecule has 0 fully saturated rings. The van der Waals surface area contributed by atoms with E-state index in [1.54, 1.807) is 6.92 Å². The van der Waals surface area contributed by atoms with E-state index in [-0.39, 0.29) is 5.91 Å². The van der Waals surface area contributed by atoms with Crippen LogP contribution in [0.5, 0.6) is 0 Å². The van der Waals surface area contributed by atoms with Crippen LogP contribution in [-0.4, -0.2) is 11.9 Å². The number of halogens is 1. The molecule has 0 heterocycles. The van der Waals surface area contributed by atoms with Gasteiger partial charge < -0.3 is 11.1 Å². The predicted octanol–water partition coefficient (Wildman–Crippen LogP) is 2.86. The van der Waals surface area contributed by atoms with Crippen molar-refractivity contribution < 1.29 is 4.79 Å². The third-order valence-electron chi connectivity index (χ3n) is 2.31. The monoisotopic (exact) mass is 284 g/mol. The Labute approximate surface area is 105 Å². The Morgan fingerprint density at radius 1 is 1.38 bits per heavy atom. The summed E-state index contributed by atoms with van der Waals surface area (Å²) in [5.74, 6) is 0.185. The van der Waals surface area contributed by atoms with E-state index in [1.165, 1.54) is 0 Å². The quantitative estimate of drug-likeness (QED) is 0.897. The Morgan fingerprint density at radius 2 is 2.00 bits per heavy atom. The van der Waals surface area contributed by atoms with Crippen LogP contribution in [0.4, 0.5) is 5.69 Å². The predicted molar refractivity (Wildman–Crippen MR) is 70.5 cm³/mol. The third-order valence-corrected chi connectivity index (χ3v) is 2.80. The van der Waals surface area contributed by atoms with Gasteiger partial charge in [-0.05, 0) is 36.6 Å². The molecule has 88 valence electrons. The molecule has 0 aromatic heterocycles. The molecule has 1 unspecified atom stereocenters. The van der Waals surface area contributed by atoms with Gasteiger partial charge in [-0.25, -0.2) is 0 Å². The van der Waals surface area contributed by atoms with E-state index in [2.05, 4.69) is 35.1 Å². The number of nitrogens with two attached hydrogens (primary N) is 1. The largest absolute Gasteiger partial charge is 0.324 e. The summed E-state index contributed by atoms with van der Waals surface area (Å²) in [5.41, 5.74) is 7.45. The second kappa shape index (κ2) is 5.46. The van der Waals surface area contributed by atoms with Crippen LogP contribution in [0.25, 0.3) is 0 Å². The SMILES string of the molecule is CC(N)C(=O)Nc1ccc(Br)cc1C(C)C. The van der Waals surface area contributed by atoms with E-state index >= 15 is 0 Å². The molecule has 0 aliphatic carbocycles. The van der Waals surface area contributed by atoms with Crippen molar-refractivity contribution in [1.29, 1.82) is 0 Å². The van der Waals surface area contributed by atoms with Gasteiger partial charge in [0.2, 0.25) is 5.91 Å². The zero-order valence-corrected chi connectivity index (χ0v) is 11.3. The highest BCUT2D eigenvalue weighted by atomic mass is 79.9. The van der Waals surface area contributed by atoms with Crippen molar-refractivity contribution in [2.75, 3.05) is 5.32 Å². The molecule has 0 saturated heterocycles. The average Bonchev–Trinajstić information content (AvgIpc) is 2.20. The van der Waals surface area contributed by atoms with Gasteiger partial charge in [-0.15, -0.1) is 0 Å². The lowest BCUT2D eigenvalue weighted by Gasteiger charge is -2.15. The van der Waals surface area contributed by atoms with Crippen LogP contribution in [0.15, 0.2) is 22.7 Å². The fraction of sp³-hybridized carbons (Fsp3) is 0.417. The van der Waals surface area contributed by atoms with Crippen molar-refractivity contribution in [3.05, 3.63) is 28.2 Å². The molecule has 0 aliphatic heterocycles. The molecule has 0 saturated carbocycles. The van der Waals surface area contributed by atoms with Crippen molar-refractivity contribution in [3.63, 3.8) is 0 Å². The zero-order valence-electron chi connectivity index (χ0n) is 9.75. The van der Waals surface area contributed by atoms with Crippen molar-refractivity contribution in [2.45, 2.75) is 32.7 Å². The van der Waals surface area contributed by atoms with Gasteiger partial charge in [0.15, 0.2) is 0 Å². The molecule has 0 radical (unpaired) electrons. The number of nitrogens with one attached hydrogen (secondary N) is 1. The fourth-order valence-corrected chi connectivity index (χ4v) is 1.75. The third kappa shape index (κ3) is 3.32. The first kappa shape index (κ1) is 13.2. The Kier molecular flexibility index (Phi) is 4.50. The molecule has 4 heteroatoms. The van der Waals surface area contributed by atoms with E-state index in [0.29, 0.717) is 5.92 Å². The van der Waals surface area contributed by atoms with Crippen LogP contribution in [0.3, 0.4) is 0 Å². The molecule has 16 heavy (non-hydrogen) atoms. The normalized spacial score (nSPS) is 12.6. The summed E-state index contributed by atoms with van der Waals surface area (Å²) in [4.78, 5) is 11.5. The van der Waals surface area contributed by atoms with Gasteiger partial charge in [0.25, 0.3) is 0 Å². The summed E-state index contributed by atoms with van der Waals surface area (Å²) in [5, 5.41) is 2.83. The first-order valence-electron chi connectivity index (χ1n) is 5.27. The molecule has 3 N–H and O–H groups in total. The van der Waals surface area contributed by atoms with Gasteiger partial charge in [-0.3, -0.25) is 4.79 Å². The van der Waals surface area contributed by atoms with Gasteiger partial charge in [-0.2, -0.15) is 0 Å². The molecule has 1 amide bonds. The van der Waals surface area contributed by atoms with Crippen molar-refractivity contribution in [1.82, 2.24) is 0 Å². The van der Waals surface area contributed by atoms with Crippen LogP contribution < -0.4 is 11.1 Å². The molecular formula is C12H17BrN2O. The lowest BCUT2D eigenvalue weighted by molar-refractivity contribution is -0.117. The second-order valence-corrected chi connectivity index (χ2v) is 5.08. The fourth-order valence-electron chi connectivity index (χ4n) is 1.37. The van der Waals surface area contributed by atoms with Crippen molar-refractivity contribution in [3.8, 4) is 0 Å². The molecule has 0 aliphatic rings. The first-order valence-corrected chi connectivity index (χ1v) is 6.07. The number of benzene rings is 1. The standard InChI is InChI=1S/C12H17BrN2O/c1-7(2)10-6-9(13)4-5-11(10)15-12(16)8(3)14/h4-8H,14H2,1-3H3,(H,15,16). The number of anilines is 1. The lowest BCUT2D eigenvalue weighted by Crippen LogP contribution is -2.32. The topological polar surface area (TPSA) is 55.1 Å². The van der Waals surface area contributed by atoms with Gasteiger partial charge >= 0.3 is 0 Å². The summed E-state index contributed by atoms with van der Waals surface area (Å²) >= 11 is 3.42. The van der Waals surface area contributed by atoms with Gasteiger partial charge in [0.1, 0.15) is 0 Å². The van der Waals surface area contributed by atoms with Crippen LogP contribution in [0, 0.1) is 0 Å². The van der Waals surface area contributed by atoms with E-state index in [9.17, 15) is 4.79 Å². The molecule has 1 aromatic carbocycles. The van der Waals surface area contributed by atoms with Crippen LogP contribution >= 0.6 is 15.9 Å². The maximum atomic E-state index is 11.5. The number of carbonyl (C=O) groups excluding carboxylic acids is 1. The summed E-state index contributed by atoms with van der Waals surface area (Å²) in [7, 11) is 0. The Balaban J connectivity index is 2.99. The second-order valence-electron chi connectivity index (χ2n) is 4.16. The number of carbonyl (C=O) groups is 1. The molecule has 1 atom stereocenters. The maximum Gasteiger partial charge on any atom is 0.241 e. The molecule has 1 rings (SSSR count). The van der Waals surface area contributed by atoms with Gasteiger partial charge in [0, 0.05) is 10.2 Å². The van der Waals surface area contributed by atoms with E-state index in [0.717, 1.165) is 15.7 Å². The Hall–Kier alpha value is -0.870. The van der Waals surface area contributed by atoms with Crippen LogP contribution in [0.1, 0.15) is 32.3 Å². The average molecular weight is 285 g/mol. The van der Waals surface area contributed by atoms with Crippen molar-refractivity contribution in [2.24, 2.45) is 5.73 Å². The highest BCUT2D eigenvalue weighted by Crippen LogP contribution is 2.27. The smallest absolute Gasteiger partial charge is 0.241 e.